The number of aryl methyl sites for hydroxylation is 1. The van der Waals surface area contributed by atoms with Crippen molar-refractivity contribution in [3.63, 3.8) is 0 Å². The molecule has 1 heterocycles. The number of nitrogens with one attached hydrogen (secondary N) is 1. The Kier molecular flexibility index (Phi) is 3.94. The van der Waals surface area contributed by atoms with E-state index in [0.717, 1.165) is 17.5 Å². The van der Waals surface area contributed by atoms with Crippen LogP contribution >= 0.6 is 0 Å². The normalized spacial score (nSPS) is 12.6. The van der Waals surface area contributed by atoms with Gasteiger partial charge < -0.3 is 5.11 Å². The van der Waals surface area contributed by atoms with Gasteiger partial charge in [-0.3, -0.25) is 5.10 Å². The molecule has 0 aliphatic heterocycles. The van der Waals surface area contributed by atoms with Crippen molar-refractivity contribution in [2.24, 2.45) is 0 Å². The van der Waals surface area contributed by atoms with Gasteiger partial charge in [-0.2, -0.15) is 5.10 Å². The summed E-state index contributed by atoms with van der Waals surface area (Å²) < 4.78 is 0. The van der Waals surface area contributed by atoms with Crippen LogP contribution in [0.2, 0.25) is 0 Å². The minimum atomic E-state index is -0.589. The van der Waals surface area contributed by atoms with Crippen LogP contribution < -0.4 is 0 Å². The van der Waals surface area contributed by atoms with Crippen molar-refractivity contribution in [2.75, 3.05) is 0 Å². The van der Waals surface area contributed by atoms with Crippen molar-refractivity contribution in [2.45, 2.75) is 32.3 Å². The van der Waals surface area contributed by atoms with Gasteiger partial charge in [0.25, 0.3) is 0 Å². The number of hydrogen-bond acceptors (Lipinski definition) is 2. The number of benzene rings is 1. The molecule has 1 aromatic carbocycles. The zero-order valence-electron chi connectivity index (χ0n) is 10.1. The monoisotopic (exact) mass is 230 g/mol. The van der Waals surface area contributed by atoms with Gasteiger partial charge in [-0.05, 0) is 24.0 Å². The minimum Gasteiger partial charge on any atom is -0.384 e. The predicted molar refractivity (Wildman–Crippen MR) is 67.7 cm³/mol. The lowest BCUT2D eigenvalue weighted by Crippen LogP contribution is -1.98. The Morgan fingerprint density at radius 2 is 2.00 bits per heavy atom. The molecule has 2 rings (SSSR count). The first-order valence-corrected chi connectivity index (χ1v) is 6.07. The summed E-state index contributed by atoms with van der Waals surface area (Å²) in [5.74, 6) is 0. The number of aliphatic hydroxyl groups is 1. The average Bonchev–Trinajstić information content (AvgIpc) is 2.90. The summed E-state index contributed by atoms with van der Waals surface area (Å²) in [6.45, 7) is 2.19. The average molecular weight is 230 g/mol. The fraction of sp³-hybridized carbons (Fsp3) is 0.357. The highest BCUT2D eigenvalue weighted by atomic mass is 16.3. The van der Waals surface area contributed by atoms with Crippen molar-refractivity contribution >= 4 is 0 Å². The molecular weight excluding hydrogens is 212 g/mol. The van der Waals surface area contributed by atoms with Gasteiger partial charge in [0.15, 0.2) is 0 Å². The Hall–Kier alpha value is -1.61. The fourth-order valence-electron chi connectivity index (χ4n) is 1.85. The van der Waals surface area contributed by atoms with E-state index in [2.05, 4.69) is 29.3 Å². The zero-order chi connectivity index (χ0) is 12.1. The van der Waals surface area contributed by atoms with E-state index in [1.165, 1.54) is 18.4 Å². The second-order valence-electron chi connectivity index (χ2n) is 4.28. The Balaban J connectivity index is 2.07. The van der Waals surface area contributed by atoms with Crippen LogP contribution in [0.15, 0.2) is 36.7 Å². The SMILES string of the molecule is CCCCc1ccc(C(O)c2cn[nH]c2)cc1. The van der Waals surface area contributed by atoms with Crippen LogP contribution in [0.1, 0.15) is 42.6 Å². The van der Waals surface area contributed by atoms with Crippen molar-refractivity contribution in [1.29, 1.82) is 0 Å². The molecule has 0 radical (unpaired) electrons. The third-order valence-corrected chi connectivity index (χ3v) is 2.95. The van der Waals surface area contributed by atoms with E-state index in [1.807, 2.05) is 12.1 Å². The molecule has 90 valence electrons. The number of hydrogen-bond donors (Lipinski definition) is 2. The first-order valence-electron chi connectivity index (χ1n) is 6.07. The van der Waals surface area contributed by atoms with Crippen LogP contribution in [-0.4, -0.2) is 15.3 Å². The van der Waals surface area contributed by atoms with Crippen LogP contribution in [-0.2, 0) is 6.42 Å². The summed E-state index contributed by atoms with van der Waals surface area (Å²) in [6.07, 6.45) is 6.31. The van der Waals surface area contributed by atoms with E-state index >= 15 is 0 Å². The Morgan fingerprint density at radius 3 is 2.59 bits per heavy atom. The van der Waals surface area contributed by atoms with Gasteiger partial charge in [0.05, 0.1) is 6.20 Å². The Bertz CT molecular complexity index is 434. The summed E-state index contributed by atoms with van der Waals surface area (Å²) in [5, 5.41) is 16.6. The lowest BCUT2D eigenvalue weighted by atomic mass is 10.0. The minimum absolute atomic E-state index is 0.589. The van der Waals surface area contributed by atoms with Crippen molar-refractivity contribution < 1.29 is 5.11 Å². The molecule has 1 aromatic heterocycles. The van der Waals surface area contributed by atoms with Gasteiger partial charge >= 0.3 is 0 Å². The number of aromatic amines is 1. The standard InChI is InChI=1S/C14H18N2O/c1-2-3-4-11-5-7-12(8-6-11)14(17)13-9-15-16-10-13/h5-10,14,17H,2-4H2,1H3,(H,15,16). The summed E-state index contributed by atoms with van der Waals surface area (Å²) in [6, 6.07) is 8.16. The molecule has 0 saturated carbocycles. The number of aromatic nitrogens is 2. The number of aliphatic hydroxyl groups excluding tert-OH is 1. The van der Waals surface area contributed by atoms with Crippen LogP contribution in [0.5, 0.6) is 0 Å². The topological polar surface area (TPSA) is 48.9 Å². The molecule has 3 nitrogen and oxygen atoms in total. The molecule has 0 fully saturated rings. The van der Waals surface area contributed by atoms with E-state index in [4.69, 9.17) is 0 Å². The Morgan fingerprint density at radius 1 is 1.24 bits per heavy atom. The van der Waals surface area contributed by atoms with E-state index in [0.29, 0.717) is 0 Å². The molecule has 0 bridgehead atoms. The molecule has 0 aliphatic rings. The maximum absolute atomic E-state index is 10.1. The smallest absolute Gasteiger partial charge is 0.107 e. The molecule has 2 N–H and O–H groups in total. The molecule has 2 aromatic rings. The van der Waals surface area contributed by atoms with Gasteiger partial charge in [-0.25, -0.2) is 0 Å². The lowest BCUT2D eigenvalue weighted by molar-refractivity contribution is 0.220. The van der Waals surface area contributed by atoms with Crippen LogP contribution in [0, 0.1) is 0 Å². The van der Waals surface area contributed by atoms with Crippen LogP contribution in [0.25, 0.3) is 0 Å². The third-order valence-electron chi connectivity index (χ3n) is 2.95. The van der Waals surface area contributed by atoms with Gasteiger partial charge in [0.1, 0.15) is 6.10 Å². The molecule has 0 aliphatic carbocycles. The summed E-state index contributed by atoms with van der Waals surface area (Å²) >= 11 is 0. The summed E-state index contributed by atoms with van der Waals surface area (Å²) in [7, 11) is 0. The predicted octanol–water partition coefficient (Wildman–Crippen LogP) is 2.83. The molecule has 1 atom stereocenters. The number of unbranched alkanes of at least 4 members (excludes halogenated alkanes) is 1. The zero-order valence-corrected chi connectivity index (χ0v) is 10.1. The van der Waals surface area contributed by atoms with Gasteiger partial charge in [-0.1, -0.05) is 37.6 Å². The molecule has 17 heavy (non-hydrogen) atoms. The number of nitrogens with zero attached hydrogens (tertiary/aromatic N) is 1. The van der Waals surface area contributed by atoms with E-state index in [-0.39, 0.29) is 0 Å². The highest BCUT2D eigenvalue weighted by Crippen LogP contribution is 2.21. The molecule has 0 amide bonds. The van der Waals surface area contributed by atoms with E-state index in [1.54, 1.807) is 12.4 Å². The fourth-order valence-corrected chi connectivity index (χ4v) is 1.85. The molecule has 1 unspecified atom stereocenters. The van der Waals surface area contributed by atoms with E-state index in [9.17, 15) is 5.11 Å². The van der Waals surface area contributed by atoms with Crippen LogP contribution in [0.3, 0.4) is 0 Å². The van der Waals surface area contributed by atoms with Crippen molar-refractivity contribution in [3.8, 4) is 0 Å². The summed E-state index contributed by atoms with van der Waals surface area (Å²) in [4.78, 5) is 0. The second kappa shape index (κ2) is 5.64. The molecule has 0 spiro atoms. The van der Waals surface area contributed by atoms with Gasteiger partial charge in [0, 0.05) is 11.8 Å². The highest BCUT2D eigenvalue weighted by molar-refractivity contribution is 5.29. The molecule has 0 saturated heterocycles. The largest absolute Gasteiger partial charge is 0.384 e. The maximum atomic E-state index is 10.1. The second-order valence-corrected chi connectivity index (χ2v) is 4.28. The van der Waals surface area contributed by atoms with Crippen molar-refractivity contribution in [3.05, 3.63) is 53.3 Å². The first kappa shape index (κ1) is 11.9. The first-order chi connectivity index (χ1) is 8.31. The molecule has 3 heteroatoms. The van der Waals surface area contributed by atoms with Crippen LogP contribution in [0.4, 0.5) is 0 Å². The van der Waals surface area contributed by atoms with Gasteiger partial charge in [-0.15, -0.1) is 0 Å². The lowest BCUT2D eigenvalue weighted by Gasteiger charge is -2.09. The summed E-state index contributed by atoms with van der Waals surface area (Å²) in [5.41, 5.74) is 3.04. The van der Waals surface area contributed by atoms with E-state index < -0.39 is 6.10 Å². The van der Waals surface area contributed by atoms with Gasteiger partial charge in [0.2, 0.25) is 0 Å². The Labute approximate surface area is 102 Å². The third kappa shape index (κ3) is 2.94. The molecular formula is C14H18N2O. The quantitative estimate of drug-likeness (QED) is 0.829. The number of H-pyrrole nitrogens is 1. The maximum Gasteiger partial charge on any atom is 0.107 e. The highest BCUT2D eigenvalue weighted by Gasteiger charge is 2.10. The number of rotatable bonds is 5. The van der Waals surface area contributed by atoms with Crippen molar-refractivity contribution in [1.82, 2.24) is 10.2 Å².